The van der Waals surface area contributed by atoms with E-state index in [0.29, 0.717) is 36.7 Å². The molecule has 0 saturated heterocycles. The molecule has 1 atom stereocenters. The Kier molecular flexibility index (Phi) is 10.0. The number of Topliss-reactive ketones (excluding diaryl/α,β-unsaturated/α-hetero) is 1. The Hall–Kier alpha value is -4.26. The average molecular weight is 526 g/mol. The third-order valence-electron chi connectivity index (χ3n) is 6.50. The Bertz CT molecular complexity index is 1330. The fraction of sp³-hybridized carbons (Fsp3) is 0.312. The number of unbranched alkanes of at least 4 members (excludes halogenated alkanes) is 1. The number of aromatic nitrogens is 2. The van der Waals surface area contributed by atoms with Crippen molar-refractivity contribution in [2.24, 2.45) is 0 Å². The van der Waals surface area contributed by atoms with Gasteiger partial charge in [-0.1, -0.05) is 67.4 Å². The van der Waals surface area contributed by atoms with E-state index in [-0.39, 0.29) is 24.2 Å². The Morgan fingerprint density at radius 2 is 1.62 bits per heavy atom. The summed E-state index contributed by atoms with van der Waals surface area (Å²) in [6, 6.07) is 25.7. The number of hydrogen-bond donors (Lipinski definition) is 1. The van der Waals surface area contributed by atoms with Crippen LogP contribution in [0.1, 0.15) is 74.3 Å². The van der Waals surface area contributed by atoms with Crippen molar-refractivity contribution in [1.82, 2.24) is 10.1 Å². The molecule has 0 fully saturated rings. The first-order valence-corrected chi connectivity index (χ1v) is 13.6. The molecule has 39 heavy (non-hydrogen) atoms. The number of carbonyl (C=O) groups excluding carboxylic acids is 2. The predicted octanol–water partition coefficient (Wildman–Crippen LogP) is 7.66. The Morgan fingerprint density at radius 3 is 2.31 bits per heavy atom. The lowest BCUT2D eigenvalue weighted by Gasteiger charge is -2.21. The summed E-state index contributed by atoms with van der Waals surface area (Å²) in [7, 11) is 0. The van der Waals surface area contributed by atoms with Gasteiger partial charge in [-0.3, -0.25) is 9.59 Å². The minimum absolute atomic E-state index is 0.0286. The lowest BCUT2D eigenvalue weighted by Crippen LogP contribution is -2.11. The van der Waals surface area contributed by atoms with Crippen LogP contribution < -0.4 is 5.32 Å². The van der Waals surface area contributed by atoms with Crippen molar-refractivity contribution < 1.29 is 18.8 Å². The van der Waals surface area contributed by atoms with Crippen LogP contribution in [0.15, 0.2) is 83.4 Å². The van der Waals surface area contributed by atoms with Crippen LogP contribution in [0.5, 0.6) is 0 Å². The van der Waals surface area contributed by atoms with Crippen LogP contribution in [0.2, 0.25) is 0 Å². The molecule has 7 nitrogen and oxygen atoms in total. The first kappa shape index (κ1) is 27.8. The maximum atomic E-state index is 12.5. The van der Waals surface area contributed by atoms with Gasteiger partial charge in [0, 0.05) is 35.2 Å². The molecule has 0 amide bonds. The van der Waals surface area contributed by atoms with Crippen molar-refractivity contribution in [3.63, 3.8) is 0 Å². The number of hydrogen-bond acceptors (Lipinski definition) is 7. The summed E-state index contributed by atoms with van der Waals surface area (Å²) in [6.07, 6.45) is 4.24. The zero-order valence-electron chi connectivity index (χ0n) is 22.6. The number of rotatable bonds is 14. The summed E-state index contributed by atoms with van der Waals surface area (Å²) in [5.74, 6) is 0.824. The molecule has 1 heterocycles. The molecule has 0 saturated carbocycles. The van der Waals surface area contributed by atoms with Crippen LogP contribution in [0.4, 0.5) is 5.69 Å². The molecule has 0 spiro atoms. The second-order valence-corrected chi connectivity index (χ2v) is 9.41. The Morgan fingerprint density at radius 1 is 0.872 bits per heavy atom. The van der Waals surface area contributed by atoms with E-state index in [1.165, 1.54) is 0 Å². The number of carbonyl (C=O) groups is 2. The quantitative estimate of drug-likeness (QED) is 0.133. The van der Waals surface area contributed by atoms with Crippen molar-refractivity contribution in [2.75, 3.05) is 11.9 Å². The van der Waals surface area contributed by atoms with Gasteiger partial charge < -0.3 is 14.6 Å². The van der Waals surface area contributed by atoms with E-state index in [9.17, 15) is 9.59 Å². The van der Waals surface area contributed by atoms with Crippen LogP contribution in [0.3, 0.4) is 0 Å². The van der Waals surface area contributed by atoms with Gasteiger partial charge in [0.25, 0.3) is 5.89 Å². The monoisotopic (exact) mass is 525 g/mol. The molecule has 3 aromatic carbocycles. The lowest BCUT2D eigenvalue weighted by molar-refractivity contribution is -0.143. The summed E-state index contributed by atoms with van der Waals surface area (Å²) < 4.78 is 10.4. The Balaban J connectivity index is 1.39. The van der Waals surface area contributed by atoms with Crippen molar-refractivity contribution in [2.45, 2.75) is 58.4 Å². The van der Waals surface area contributed by atoms with Gasteiger partial charge in [-0.15, -0.1) is 0 Å². The molecular weight excluding hydrogens is 490 g/mol. The first-order chi connectivity index (χ1) is 19.1. The number of anilines is 1. The van der Waals surface area contributed by atoms with Crippen molar-refractivity contribution in [3.05, 3.63) is 90.0 Å². The largest absolute Gasteiger partial charge is 0.466 e. The minimum Gasteiger partial charge on any atom is -0.466 e. The number of ketones is 1. The molecule has 0 bridgehead atoms. The van der Waals surface area contributed by atoms with E-state index in [2.05, 4.69) is 34.5 Å². The molecule has 4 aromatic rings. The van der Waals surface area contributed by atoms with Gasteiger partial charge in [0.1, 0.15) is 0 Å². The molecule has 4 rings (SSSR count). The highest BCUT2D eigenvalue weighted by Crippen LogP contribution is 2.28. The number of esters is 1. The second-order valence-electron chi connectivity index (χ2n) is 9.41. The summed E-state index contributed by atoms with van der Waals surface area (Å²) >= 11 is 0. The third kappa shape index (κ3) is 7.87. The van der Waals surface area contributed by atoms with Crippen LogP contribution in [0.25, 0.3) is 22.8 Å². The summed E-state index contributed by atoms with van der Waals surface area (Å²) in [5, 5.41) is 7.79. The lowest BCUT2D eigenvalue weighted by atomic mass is 9.99. The third-order valence-corrected chi connectivity index (χ3v) is 6.50. The summed E-state index contributed by atoms with van der Waals surface area (Å²) in [5.41, 5.74) is 4.55. The second kappa shape index (κ2) is 14.0. The van der Waals surface area contributed by atoms with Crippen molar-refractivity contribution in [3.8, 4) is 22.8 Å². The van der Waals surface area contributed by atoms with Crippen LogP contribution in [-0.4, -0.2) is 28.5 Å². The van der Waals surface area contributed by atoms with Gasteiger partial charge in [0.2, 0.25) is 5.82 Å². The van der Waals surface area contributed by atoms with E-state index < -0.39 is 0 Å². The van der Waals surface area contributed by atoms with Gasteiger partial charge in [-0.25, -0.2) is 0 Å². The molecule has 7 heteroatoms. The van der Waals surface area contributed by atoms with Crippen molar-refractivity contribution >= 4 is 17.4 Å². The fourth-order valence-electron chi connectivity index (χ4n) is 4.36. The van der Waals surface area contributed by atoms with Crippen LogP contribution in [-0.2, 0) is 9.53 Å². The van der Waals surface area contributed by atoms with E-state index >= 15 is 0 Å². The Labute approximate surface area is 229 Å². The van der Waals surface area contributed by atoms with E-state index in [1.54, 1.807) is 6.92 Å². The van der Waals surface area contributed by atoms with Crippen LogP contribution in [0, 0.1) is 0 Å². The van der Waals surface area contributed by atoms with Crippen LogP contribution >= 0.6 is 0 Å². The smallest absolute Gasteiger partial charge is 0.305 e. The molecule has 0 aliphatic rings. The normalized spacial score (nSPS) is 11.6. The molecule has 0 radical (unpaired) electrons. The first-order valence-electron chi connectivity index (χ1n) is 13.6. The zero-order chi connectivity index (χ0) is 27.5. The number of benzene rings is 3. The molecule has 0 aliphatic carbocycles. The van der Waals surface area contributed by atoms with E-state index in [1.807, 2.05) is 66.7 Å². The summed E-state index contributed by atoms with van der Waals surface area (Å²) in [4.78, 5) is 28.6. The van der Waals surface area contributed by atoms with E-state index in [4.69, 9.17) is 9.26 Å². The number of nitrogens with one attached hydrogen (secondary N) is 1. The molecule has 1 aromatic heterocycles. The zero-order valence-corrected chi connectivity index (χ0v) is 22.6. The molecular formula is C32H35N3O4. The highest BCUT2D eigenvalue weighted by atomic mass is 16.5. The molecule has 1 N–H and O–H groups in total. The maximum Gasteiger partial charge on any atom is 0.305 e. The maximum absolute atomic E-state index is 12.5. The molecule has 202 valence electrons. The molecule has 0 aliphatic heterocycles. The number of ether oxygens (including phenoxy) is 1. The van der Waals surface area contributed by atoms with Gasteiger partial charge in [0.15, 0.2) is 5.78 Å². The minimum atomic E-state index is -0.259. The van der Waals surface area contributed by atoms with Gasteiger partial charge in [-0.05, 0) is 61.7 Å². The highest BCUT2D eigenvalue weighted by molar-refractivity contribution is 5.96. The number of nitrogens with zero attached hydrogens (tertiary/aromatic N) is 2. The topological polar surface area (TPSA) is 94.3 Å². The van der Waals surface area contributed by atoms with E-state index in [0.717, 1.165) is 41.6 Å². The van der Waals surface area contributed by atoms with Gasteiger partial charge in [-0.2, -0.15) is 4.98 Å². The van der Waals surface area contributed by atoms with Gasteiger partial charge >= 0.3 is 5.97 Å². The summed E-state index contributed by atoms with van der Waals surface area (Å²) in [6.45, 7) is 4.32. The van der Waals surface area contributed by atoms with Gasteiger partial charge in [0.05, 0.1) is 12.6 Å². The van der Waals surface area contributed by atoms with Crippen molar-refractivity contribution in [1.29, 1.82) is 0 Å². The highest BCUT2D eigenvalue weighted by Gasteiger charge is 2.15. The predicted molar refractivity (Wildman–Crippen MR) is 152 cm³/mol. The average Bonchev–Trinajstić information content (AvgIpc) is 3.47. The SMILES string of the molecule is CCCCC(Nc1ccc(C(=O)CCCC(=O)OCC)cc1)c1ccc(-c2noc(-c3ccccc3)n2)cc1. The molecule has 1 unspecified atom stereocenters. The standard InChI is InChI=1S/C32H35N3O4/c1-3-5-12-28(33-27-21-19-24(20-22-27)29(36)13-9-14-30(37)38-4-2)23-15-17-25(18-16-23)31-34-32(39-35-31)26-10-7-6-8-11-26/h6-8,10-11,15-22,28,33H,3-5,9,12-14H2,1-2H3. The fourth-order valence-corrected chi connectivity index (χ4v) is 4.36.